The smallest absolute Gasteiger partial charge is 0.251 e. The second kappa shape index (κ2) is 6.08. The van der Waals surface area contributed by atoms with Crippen LogP contribution >= 0.6 is 0 Å². The van der Waals surface area contributed by atoms with E-state index in [1.807, 2.05) is 35.9 Å². The van der Waals surface area contributed by atoms with Crippen molar-refractivity contribution in [3.63, 3.8) is 0 Å². The average molecular weight is 323 g/mol. The molecule has 4 rings (SSSR count). The van der Waals surface area contributed by atoms with Gasteiger partial charge in [0.1, 0.15) is 0 Å². The quantitative estimate of drug-likeness (QED) is 0.936. The molecule has 3 atom stereocenters. The highest BCUT2D eigenvalue weighted by Gasteiger charge is 2.40. The number of carbonyl (C=O) groups is 1. The molecule has 0 radical (unpaired) electrons. The van der Waals surface area contributed by atoms with Gasteiger partial charge in [-0.25, -0.2) is 0 Å². The Kier molecular flexibility index (Phi) is 3.91. The Labute approximate surface area is 143 Å². The van der Waals surface area contributed by atoms with Crippen molar-refractivity contribution in [2.75, 3.05) is 0 Å². The molecule has 126 valence electrons. The molecule has 2 bridgehead atoms. The number of nitrogens with one attached hydrogen (secondary N) is 1. The number of aryl methyl sites for hydroxylation is 2. The van der Waals surface area contributed by atoms with E-state index in [0.717, 1.165) is 35.0 Å². The minimum Gasteiger partial charge on any atom is -0.349 e. The van der Waals surface area contributed by atoms with Crippen molar-refractivity contribution in [1.82, 2.24) is 15.1 Å². The van der Waals surface area contributed by atoms with Gasteiger partial charge in [-0.05, 0) is 68.7 Å². The molecule has 1 aromatic heterocycles. The summed E-state index contributed by atoms with van der Waals surface area (Å²) in [6.07, 6.45) is 5.13. The van der Waals surface area contributed by atoms with Gasteiger partial charge in [0.15, 0.2) is 0 Å². The van der Waals surface area contributed by atoms with Crippen molar-refractivity contribution in [2.45, 2.75) is 52.1 Å². The molecular weight excluding hydrogens is 298 g/mol. The lowest BCUT2D eigenvalue weighted by atomic mass is 9.95. The maximum absolute atomic E-state index is 12.5. The van der Waals surface area contributed by atoms with Crippen LogP contribution < -0.4 is 5.32 Å². The van der Waals surface area contributed by atoms with Crippen LogP contribution in [-0.4, -0.2) is 21.7 Å². The Morgan fingerprint density at radius 1 is 1.21 bits per heavy atom. The number of fused-ring (bicyclic) bond motifs is 2. The number of rotatable bonds is 4. The maximum atomic E-state index is 12.5. The highest BCUT2D eigenvalue weighted by Crippen LogP contribution is 2.44. The van der Waals surface area contributed by atoms with E-state index < -0.39 is 0 Å². The van der Waals surface area contributed by atoms with Gasteiger partial charge in [-0.2, -0.15) is 5.10 Å². The number of amides is 1. The zero-order valence-corrected chi connectivity index (χ0v) is 14.5. The molecule has 2 aliphatic rings. The SMILES string of the molecule is Cc1cc(C)n(Cc2ccc(C(=O)NC3CC4CCC3C4)cc2)n1. The maximum Gasteiger partial charge on any atom is 0.251 e. The number of hydrogen-bond acceptors (Lipinski definition) is 2. The van der Waals surface area contributed by atoms with Gasteiger partial charge in [0.05, 0.1) is 12.2 Å². The first-order valence-electron chi connectivity index (χ1n) is 8.99. The molecular formula is C20H25N3O. The van der Waals surface area contributed by atoms with E-state index in [4.69, 9.17) is 0 Å². The Bertz CT molecular complexity index is 747. The van der Waals surface area contributed by atoms with Crippen molar-refractivity contribution in [2.24, 2.45) is 11.8 Å². The first-order valence-corrected chi connectivity index (χ1v) is 8.99. The van der Waals surface area contributed by atoms with Crippen LogP contribution in [0.2, 0.25) is 0 Å². The fraction of sp³-hybridized carbons (Fsp3) is 0.500. The molecule has 2 aromatic rings. The van der Waals surface area contributed by atoms with Crippen LogP contribution in [0.25, 0.3) is 0 Å². The van der Waals surface area contributed by atoms with E-state index in [1.165, 1.54) is 25.7 Å². The van der Waals surface area contributed by atoms with Gasteiger partial charge in [-0.3, -0.25) is 9.48 Å². The van der Waals surface area contributed by atoms with Gasteiger partial charge in [0, 0.05) is 17.3 Å². The first kappa shape index (κ1) is 15.4. The normalized spacial score (nSPS) is 25.2. The van der Waals surface area contributed by atoms with Crippen LogP contribution in [-0.2, 0) is 6.54 Å². The predicted molar refractivity (Wildman–Crippen MR) is 93.9 cm³/mol. The summed E-state index contributed by atoms with van der Waals surface area (Å²) in [4.78, 5) is 12.5. The Morgan fingerprint density at radius 3 is 2.58 bits per heavy atom. The van der Waals surface area contributed by atoms with Crippen LogP contribution in [0.3, 0.4) is 0 Å². The molecule has 2 saturated carbocycles. The molecule has 3 unspecified atom stereocenters. The van der Waals surface area contributed by atoms with E-state index in [0.29, 0.717) is 12.0 Å². The number of carbonyl (C=O) groups excluding carboxylic acids is 1. The molecule has 4 nitrogen and oxygen atoms in total. The Morgan fingerprint density at radius 2 is 2.00 bits per heavy atom. The van der Waals surface area contributed by atoms with Crippen molar-refractivity contribution in [3.05, 3.63) is 52.8 Å². The third kappa shape index (κ3) is 2.97. The molecule has 24 heavy (non-hydrogen) atoms. The number of benzene rings is 1. The summed E-state index contributed by atoms with van der Waals surface area (Å²) in [7, 11) is 0. The summed E-state index contributed by atoms with van der Waals surface area (Å²) in [5, 5.41) is 7.74. The van der Waals surface area contributed by atoms with Gasteiger partial charge in [-0.1, -0.05) is 18.6 Å². The Balaban J connectivity index is 1.40. The number of aromatic nitrogens is 2. The minimum atomic E-state index is 0.0743. The molecule has 1 N–H and O–H groups in total. The zero-order valence-electron chi connectivity index (χ0n) is 14.5. The molecule has 0 saturated heterocycles. The van der Waals surface area contributed by atoms with Crippen molar-refractivity contribution in [3.8, 4) is 0 Å². The molecule has 1 aromatic carbocycles. The second-order valence-electron chi connectivity index (χ2n) is 7.54. The summed E-state index contributed by atoms with van der Waals surface area (Å²) in [5.74, 6) is 1.64. The van der Waals surface area contributed by atoms with Crippen molar-refractivity contribution >= 4 is 5.91 Å². The molecule has 1 heterocycles. The third-order valence-electron chi connectivity index (χ3n) is 5.71. The first-order chi connectivity index (χ1) is 11.6. The number of hydrogen-bond donors (Lipinski definition) is 1. The van der Waals surface area contributed by atoms with Gasteiger partial charge >= 0.3 is 0 Å². The monoisotopic (exact) mass is 323 g/mol. The van der Waals surface area contributed by atoms with Gasteiger partial charge in [0.2, 0.25) is 0 Å². The number of nitrogens with zero attached hydrogens (tertiary/aromatic N) is 2. The van der Waals surface area contributed by atoms with Gasteiger partial charge in [0.25, 0.3) is 5.91 Å². The molecule has 0 aliphatic heterocycles. The van der Waals surface area contributed by atoms with Crippen LogP contribution in [0.1, 0.15) is 53.0 Å². The van der Waals surface area contributed by atoms with Gasteiger partial charge < -0.3 is 5.32 Å². The van der Waals surface area contributed by atoms with Crippen LogP contribution in [0.15, 0.2) is 30.3 Å². The molecule has 0 spiro atoms. The summed E-state index contributed by atoms with van der Waals surface area (Å²) in [5.41, 5.74) is 4.12. The predicted octanol–water partition coefficient (Wildman–Crippen LogP) is 3.47. The minimum absolute atomic E-state index is 0.0743. The molecule has 1 amide bonds. The van der Waals surface area contributed by atoms with Crippen LogP contribution in [0, 0.1) is 25.7 Å². The van der Waals surface area contributed by atoms with E-state index >= 15 is 0 Å². The summed E-state index contributed by atoms with van der Waals surface area (Å²) < 4.78 is 2.00. The van der Waals surface area contributed by atoms with E-state index in [9.17, 15) is 4.79 Å². The summed E-state index contributed by atoms with van der Waals surface area (Å²) >= 11 is 0. The highest BCUT2D eigenvalue weighted by molar-refractivity contribution is 5.94. The lowest BCUT2D eigenvalue weighted by molar-refractivity contribution is 0.0923. The van der Waals surface area contributed by atoms with E-state index in [1.54, 1.807) is 0 Å². The largest absolute Gasteiger partial charge is 0.349 e. The van der Waals surface area contributed by atoms with E-state index in [2.05, 4.69) is 23.4 Å². The fourth-order valence-corrected chi connectivity index (χ4v) is 4.44. The van der Waals surface area contributed by atoms with E-state index in [-0.39, 0.29) is 5.91 Å². The van der Waals surface area contributed by atoms with Crippen LogP contribution in [0.5, 0.6) is 0 Å². The summed E-state index contributed by atoms with van der Waals surface area (Å²) in [6, 6.07) is 10.4. The topological polar surface area (TPSA) is 46.9 Å². The molecule has 2 aliphatic carbocycles. The standard InChI is InChI=1S/C20H25N3O/c1-13-9-14(2)23(22-13)12-15-3-6-17(7-4-15)20(24)21-19-11-16-5-8-18(19)10-16/h3-4,6-7,9,16,18-19H,5,8,10-12H2,1-2H3,(H,21,24). The lowest BCUT2D eigenvalue weighted by Crippen LogP contribution is -2.38. The Hall–Kier alpha value is -2.10. The highest BCUT2D eigenvalue weighted by atomic mass is 16.1. The lowest BCUT2D eigenvalue weighted by Gasteiger charge is -2.22. The third-order valence-corrected chi connectivity index (χ3v) is 5.71. The average Bonchev–Trinajstić information content (AvgIpc) is 3.24. The van der Waals surface area contributed by atoms with Gasteiger partial charge in [-0.15, -0.1) is 0 Å². The second-order valence-corrected chi connectivity index (χ2v) is 7.54. The summed E-state index contributed by atoms with van der Waals surface area (Å²) in [6.45, 7) is 4.82. The molecule has 4 heteroatoms. The van der Waals surface area contributed by atoms with Crippen LogP contribution in [0.4, 0.5) is 0 Å². The fourth-order valence-electron chi connectivity index (χ4n) is 4.44. The molecule has 2 fully saturated rings. The zero-order chi connectivity index (χ0) is 16.7. The van der Waals surface area contributed by atoms with Crippen molar-refractivity contribution < 1.29 is 4.79 Å². The van der Waals surface area contributed by atoms with Crippen molar-refractivity contribution in [1.29, 1.82) is 0 Å².